The molecule has 4 heteroatoms. The minimum atomic E-state index is -0.180. The Labute approximate surface area is 184 Å². The van der Waals surface area contributed by atoms with Gasteiger partial charge in [-0.3, -0.25) is 4.79 Å². The maximum absolute atomic E-state index is 11.5. The van der Waals surface area contributed by atoms with E-state index < -0.39 is 0 Å². The summed E-state index contributed by atoms with van der Waals surface area (Å²) in [5.74, 6) is -0.180. The Morgan fingerprint density at radius 1 is 1.13 bits per heavy atom. The van der Waals surface area contributed by atoms with Crippen molar-refractivity contribution in [3.8, 4) is 0 Å². The second-order valence-electron chi connectivity index (χ2n) is 9.08. The van der Waals surface area contributed by atoms with E-state index in [1.165, 1.54) is 58.3 Å². The first-order valence-corrected chi connectivity index (χ1v) is 12.4. The van der Waals surface area contributed by atoms with Crippen molar-refractivity contribution >= 4 is 5.97 Å². The molecular weight excluding hydrogens is 376 g/mol. The third kappa shape index (κ3) is 10.3. The fourth-order valence-corrected chi connectivity index (χ4v) is 4.45. The molecule has 0 saturated carbocycles. The Balaban J connectivity index is 1.68. The highest BCUT2D eigenvalue weighted by Gasteiger charge is 2.28. The molecule has 0 radical (unpaired) electrons. The highest BCUT2D eigenvalue weighted by Crippen LogP contribution is 2.40. The van der Waals surface area contributed by atoms with Gasteiger partial charge in [0.15, 0.2) is 6.29 Å². The van der Waals surface area contributed by atoms with Gasteiger partial charge in [-0.25, -0.2) is 0 Å². The van der Waals surface area contributed by atoms with Gasteiger partial charge in [-0.05, 0) is 69.3 Å². The predicted octanol–water partition coefficient (Wildman–Crippen LogP) is 6.88. The van der Waals surface area contributed by atoms with Gasteiger partial charge in [-0.1, -0.05) is 57.3 Å². The summed E-state index contributed by atoms with van der Waals surface area (Å²) in [7, 11) is 0. The van der Waals surface area contributed by atoms with Crippen molar-refractivity contribution in [3.63, 3.8) is 0 Å². The Morgan fingerprint density at radius 3 is 2.63 bits per heavy atom. The lowest BCUT2D eigenvalue weighted by atomic mass is 9.79. The van der Waals surface area contributed by atoms with Crippen molar-refractivity contribution in [2.45, 2.75) is 116 Å². The summed E-state index contributed by atoms with van der Waals surface area (Å²) in [5, 5.41) is 0. The first kappa shape index (κ1) is 25.1. The number of hydrogen-bond donors (Lipinski definition) is 0. The summed E-state index contributed by atoms with van der Waals surface area (Å²) in [5.41, 5.74) is 0.218. The quantitative estimate of drug-likeness (QED) is 0.164. The van der Waals surface area contributed by atoms with Crippen LogP contribution in [-0.2, 0) is 19.0 Å². The van der Waals surface area contributed by atoms with E-state index in [1.54, 1.807) is 0 Å². The van der Waals surface area contributed by atoms with Crippen molar-refractivity contribution in [3.05, 3.63) is 24.3 Å². The van der Waals surface area contributed by atoms with E-state index in [0.717, 1.165) is 51.7 Å². The second-order valence-corrected chi connectivity index (χ2v) is 9.08. The second kappa shape index (κ2) is 14.8. The normalized spacial score (nSPS) is 21.9. The van der Waals surface area contributed by atoms with Crippen LogP contribution in [0.2, 0.25) is 0 Å². The first-order valence-electron chi connectivity index (χ1n) is 12.4. The van der Waals surface area contributed by atoms with Gasteiger partial charge in [0.2, 0.25) is 0 Å². The van der Waals surface area contributed by atoms with E-state index in [2.05, 4.69) is 31.2 Å². The summed E-state index contributed by atoms with van der Waals surface area (Å²) >= 11 is 0. The van der Waals surface area contributed by atoms with Gasteiger partial charge in [0.05, 0.1) is 0 Å². The maximum atomic E-state index is 11.5. The predicted molar refractivity (Wildman–Crippen MR) is 122 cm³/mol. The smallest absolute Gasteiger partial charge is 0.303 e. The van der Waals surface area contributed by atoms with Crippen molar-refractivity contribution in [1.29, 1.82) is 0 Å². The molecule has 1 fully saturated rings. The average Bonchev–Trinajstić information content (AvgIpc) is 3.21. The molecule has 0 bridgehead atoms. The third-order valence-electron chi connectivity index (χ3n) is 6.30. The van der Waals surface area contributed by atoms with Crippen LogP contribution in [0.1, 0.15) is 104 Å². The van der Waals surface area contributed by atoms with E-state index in [-0.39, 0.29) is 23.8 Å². The van der Waals surface area contributed by atoms with Crippen molar-refractivity contribution in [1.82, 2.24) is 0 Å². The number of hydrogen-bond acceptors (Lipinski definition) is 4. The monoisotopic (exact) mass is 420 g/mol. The molecule has 2 rings (SSSR count). The summed E-state index contributed by atoms with van der Waals surface area (Å²) in [6.07, 6.45) is 25.2. The molecule has 1 saturated heterocycles. The van der Waals surface area contributed by atoms with E-state index in [4.69, 9.17) is 14.2 Å². The van der Waals surface area contributed by atoms with Crippen LogP contribution in [0.15, 0.2) is 24.3 Å². The molecule has 2 atom stereocenters. The van der Waals surface area contributed by atoms with Gasteiger partial charge in [0.1, 0.15) is 6.10 Å². The molecule has 30 heavy (non-hydrogen) atoms. The van der Waals surface area contributed by atoms with Crippen LogP contribution in [0.5, 0.6) is 0 Å². The molecule has 2 aliphatic rings. The number of allylic oxidation sites excluding steroid dienone is 3. The summed E-state index contributed by atoms with van der Waals surface area (Å²) in [6.45, 7) is 5.38. The van der Waals surface area contributed by atoms with Crippen molar-refractivity contribution in [2.24, 2.45) is 5.41 Å². The minimum absolute atomic E-state index is 0.0409. The molecule has 0 spiro atoms. The first-order chi connectivity index (χ1) is 14.6. The van der Waals surface area contributed by atoms with Crippen LogP contribution in [0.4, 0.5) is 0 Å². The molecule has 0 N–H and O–H groups in total. The molecule has 4 nitrogen and oxygen atoms in total. The zero-order valence-electron chi connectivity index (χ0n) is 19.4. The van der Waals surface area contributed by atoms with Gasteiger partial charge in [0, 0.05) is 20.1 Å². The van der Waals surface area contributed by atoms with Gasteiger partial charge in [0.25, 0.3) is 0 Å². The topological polar surface area (TPSA) is 44.8 Å². The Morgan fingerprint density at radius 2 is 1.93 bits per heavy atom. The van der Waals surface area contributed by atoms with Crippen LogP contribution >= 0.6 is 0 Å². The standard InChI is InChI=1S/C26H44O4/c1-3-4-7-14-24(30-23(2)27)16-20-26(18-10-11-19-26)17-9-5-6-12-21-28-25-15-8-13-22-29-25/h10-11,16,20,24-25H,3-9,12-15,17-19,21-22H2,1-2H3. The average molecular weight is 421 g/mol. The summed E-state index contributed by atoms with van der Waals surface area (Å²) in [6, 6.07) is 0. The summed E-state index contributed by atoms with van der Waals surface area (Å²) < 4.78 is 17.0. The lowest BCUT2D eigenvalue weighted by molar-refractivity contribution is -0.162. The van der Waals surface area contributed by atoms with Crippen LogP contribution in [-0.4, -0.2) is 31.6 Å². The third-order valence-corrected chi connectivity index (χ3v) is 6.30. The van der Waals surface area contributed by atoms with E-state index in [9.17, 15) is 4.79 Å². The lowest BCUT2D eigenvalue weighted by Crippen LogP contribution is -2.22. The van der Waals surface area contributed by atoms with E-state index in [1.807, 2.05) is 0 Å². The molecule has 1 aliphatic carbocycles. The lowest BCUT2D eigenvalue weighted by Gasteiger charge is -2.26. The molecule has 1 heterocycles. The molecule has 0 aromatic heterocycles. The molecule has 1 aliphatic heterocycles. The SMILES string of the molecule is CCCCCC(C=CC1(CCCCCCOC2CCCCO2)CC=CC1)OC(C)=O. The Bertz CT molecular complexity index is 511. The zero-order valence-corrected chi connectivity index (χ0v) is 19.4. The molecule has 0 amide bonds. The van der Waals surface area contributed by atoms with Crippen LogP contribution in [0.3, 0.4) is 0 Å². The molecule has 0 aromatic rings. The molecule has 172 valence electrons. The van der Waals surface area contributed by atoms with Gasteiger partial charge in [-0.2, -0.15) is 0 Å². The Kier molecular flexibility index (Phi) is 12.4. The van der Waals surface area contributed by atoms with Crippen molar-refractivity contribution in [2.75, 3.05) is 13.2 Å². The number of esters is 1. The number of rotatable bonds is 15. The number of unbranched alkanes of at least 4 members (excludes halogenated alkanes) is 5. The van der Waals surface area contributed by atoms with Gasteiger partial charge >= 0.3 is 5.97 Å². The highest BCUT2D eigenvalue weighted by atomic mass is 16.7. The van der Waals surface area contributed by atoms with E-state index >= 15 is 0 Å². The molecule has 0 aromatic carbocycles. The fourth-order valence-electron chi connectivity index (χ4n) is 4.45. The van der Waals surface area contributed by atoms with Crippen LogP contribution in [0, 0.1) is 5.41 Å². The fraction of sp³-hybridized carbons (Fsp3) is 0.808. The van der Waals surface area contributed by atoms with Crippen LogP contribution < -0.4 is 0 Å². The van der Waals surface area contributed by atoms with Gasteiger partial charge in [-0.15, -0.1) is 0 Å². The minimum Gasteiger partial charge on any atom is -0.458 e. The summed E-state index contributed by atoms with van der Waals surface area (Å²) in [4.78, 5) is 11.5. The molecule has 2 unspecified atom stereocenters. The highest BCUT2D eigenvalue weighted by molar-refractivity contribution is 5.66. The number of carbonyl (C=O) groups is 1. The Hall–Kier alpha value is -1.13. The van der Waals surface area contributed by atoms with Crippen molar-refractivity contribution < 1.29 is 19.0 Å². The van der Waals surface area contributed by atoms with Crippen LogP contribution in [0.25, 0.3) is 0 Å². The maximum Gasteiger partial charge on any atom is 0.303 e. The molecular formula is C26H44O4. The van der Waals surface area contributed by atoms with Gasteiger partial charge < -0.3 is 14.2 Å². The number of carbonyl (C=O) groups excluding carboxylic acids is 1. The zero-order chi connectivity index (χ0) is 21.5. The largest absolute Gasteiger partial charge is 0.458 e. The van der Waals surface area contributed by atoms with E-state index in [0.29, 0.717) is 0 Å². The number of ether oxygens (including phenoxy) is 3.